The summed E-state index contributed by atoms with van der Waals surface area (Å²) in [5, 5.41) is 0. The first kappa shape index (κ1) is 16.1. The van der Waals surface area contributed by atoms with E-state index >= 15 is 0 Å². The number of likely N-dealkylation sites (tertiary alicyclic amines) is 1. The molecule has 1 aliphatic heterocycles. The number of hydrogen-bond acceptors (Lipinski definition) is 4. The molecule has 1 aromatic carbocycles. The zero-order chi connectivity index (χ0) is 17.4. The first-order valence-corrected chi connectivity index (χ1v) is 8.96. The van der Waals surface area contributed by atoms with Gasteiger partial charge in [0.2, 0.25) is 17.7 Å². The fourth-order valence-corrected chi connectivity index (χ4v) is 4.07. The highest BCUT2D eigenvalue weighted by Crippen LogP contribution is 2.45. The van der Waals surface area contributed by atoms with Crippen LogP contribution in [0.3, 0.4) is 0 Å². The number of oxazole rings is 1. The van der Waals surface area contributed by atoms with Crippen molar-refractivity contribution in [2.45, 2.75) is 52.0 Å². The number of imide groups is 1. The Morgan fingerprint density at radius 3 is 2.56 bits per heavy atom. The lowest BCUT2D eigenvalue weighted by atomic mass is 9.73. The normalized spacial score (nSPS) is 19.8. The molecule has 2 fully saturated rings. The maximum Gasteiger partial charge on any atom is 0.236 e. The Labute approximate surface area is 147 Å². The molecule has 1 saturated carbocycles. The summed E-state index contributed by atoms with van der Waals surface area (Å²) in [5.74, 6) is 1.10. The van der Waals surface area contributed by atoms with Gasteiger partial charge < -0.3 is 4.42 Å². The van der Waals surface area contributed by atoms with Crippen molar-refractivity contribution in [3.8, 4) is 11.5 Å². The highest BCUT2D eigenvalue weighted by atomic mass is 16.4. The fraction of sp³-hybridized carbons (Fsp3) is 0.450. The smallest absolute Gasteiger partial charge is 0.236 e. The molecule has 2 aliphatic rings. The molecule has 5 nitrogen and oxygen atoms in total. The van der Waals surface area contributed by atoms with Crippen molar-refractivity contribution in [2.75, 3.05) is 0 Å². The van der Waals surface area contributed by atoms with Crippen LogP contribution in [0.2, 0.25) is 0 Å². The second kappa shape index (κ2) is 6.14. The van der Waals surface area contributed by atoms with Crippen LogP contribution in [0.25, 0.3) is 11.5 Å². The van der Waals surface area contributed by atoms with Crippen LogP contribution in [0, 0.1) is 12.3 Å². The second-order valence-corrected chi connectivity index (χ2v) is 7.19. The van der Waals surface area contributed by atoms with E-state index in [-0.39, 0.29) is 18.4 Å². The van der Waals surface area contributed by atoms with Gasteiger partial charge in [-0.3, -0.25) is 14.5 Å². The van der Waals surface area contributed by atoms with Crippen LogP contribution in [0.5, 0.6) is 0 Å². The minimum absolute atomic E-state index is 0.0131. The zero-order valence-electron chi connectivity index (χ0n) is 14.5. The summed E-state index contributed by atoms with van der Waals surface area (Å²) < 4.78 is 5.76. The zero-order valence-corrected chi connectivity index (χ0v) is 14.5. The predicted octanol–water partition coefficient (Wildman–Crippen LogP) is 3.86. The third-order valence-electron chi connectivity index (χ3n) is 5.52. The van der Waals surface area contributed by atoms with Gasteiger partial charge in [-0.05, 0) is 31.9 Å². The standard InChI is InChI=1S/C20H22N2O3/c1-14-16(21-18(25-14)15-8-4-2-5-9-15)13-22-17(23)12-20(19(22)24)10-6-3-7-11-20/h2,4-5,8-9H,3,6-7,10-13H2,1H3. The SMILES string of the molecule is Cc1oc(-c2ccccc2)nc1CN1C(=O)CC2(CCCCC2)C1=O. The van der Waals surface area contributed by atoms with Gasteiger partial charge in [-0.2, -0.15) is 0 Å². The van der Waals surface area contributed by atoms with E-state index in [4.69, 9.17) is 4.42 Å². The van der Waals surface area contributed by atoms with Crippen molar-refractivity contribution >= 4 is 11.8 Å². The molecule has 0 radical (unpaired) electrons. The molecule has 1 saturated heterocycles. The van der Waals surface area contributed by atoms with Gasteiger partial charge in [-0.1, -0.05) is 37.5 Å². The Morgan fingerprint density at radius 1 is 1.12 bits per heavy atom. The largest absolute Gasteiger partial charge is 0.441 e. The minimum atomic E-state index is -0.449. The maximum atomic E-state index is 12.9. The molecule has 2 heterocycles. The number of benzene rings is 1. The van der Waals surface area contributed by atoms with Crippen LogP contribution >= 0.6 is 0 Å². The van der Waals surface area contributed by atoms with Gasteiger partial charge in [-0.15, -0.1) is 0 Å². The lowest BCUT2D eigenvalue weighted by Crippen LogP contribution is -2.36. The Balaban J connectivity index is 1.57. The number of aryl methyl sites for hydroxylation is 1. The molecule has 0 atom stereocenters. The van der Waals surface area contributed by atoms with Crippen molar-refractivity contribution in [2.24, 2.45) is 5.41 Å². The third-order valence-corrected chi connectivity index (χ3v) is 5.52. The fourth-order valence-electron chi connectivity index (χ4n) is 4.07. The molecular formula is C20H22N2O3. The van der Waals surface area contributed by atoms with Gasteiger partial charge in [-0.25, -0.2) is 4.98 Å². The highest BCUT2D eigenvalue weighted by Gasteiger charge is 2.51. The van der Waals surface area contributed by atoms with Gasteiger partial charge in [0.1, 0.15) is 11.5 Å². The van der Waals surface area contributed by atoms with E-state index in [0.29, 0.717) is 23.8 Å². The topological polar surface area (TPSA) is 63.4 Å². The molecule has 25 heavy (non-hydrogen) atoms. The van der Waals surface area contributed by atoms with E-state index in [1.807, 2.05) is 37.3 Å². The Bertz CT molecular complexity index is 804. The second-order valence-electron chi connectivity index (χ2n) is 7.19. The highest BCUT2D eigenvalue weighted by molar-refractivity contribution is 6.05. The lowest BCUT2D eigenvalue weighted by Gasteiger charge is -2.30. The number of carbonyl (C=O) groups excluding carboxylic acids is 2. The van der Waals surface area contributed by atoms with Gasteiger partial charge >= 0.3 is 0 Å². The molecule has 5 heteroatoms. The summed E-state index contributed by atoms with van der Waals surface area (Å²) in [6.45, 7) is 2.04. The number of rotatable bonds is 3. The summed E-state index contributed by atoms with van der Waals surface area (Å²) >= 11 is 0. The van der Waals surface area contributed by atoms with Crippen LogP contribution in [-0.2, 0) is 16.1 Å². The first-order chi connectivity index (χ1) is 12.1. The Morgan fingerprint density at radius 2 is 1.84 bits per heavy atom. The van der Waals surface area contributed by atoms with Gasteiger partial charge in [0.05, 0.1) is 12.0 Å². The summed E-state index contributed by atoms with van der Waals surface area (Å²) in [5.41, 5.74) is 1.10. The number of carbonyl (C=O) groups is 2. The summed E-state index contributed by atoms with van der Waals surface area (Å²) in [4.78, 5) is 31.4. The summed E-state index contributed by atoms with van der Waals surface area (Å²) in [6.07, 6.45) is 5.25. The lowest BCUT2D eigenvalue weighted by molar-refractivity contribution is -0.143. The predicted molar refractivity (Wildman–Crippen MR) is 92.4 cm³/mol. The first-order valence-electron chi connectivity index (χ1n) is 8.96. The van der Waals surface area contributed by atoms with Crippen molar-refractivity contribution in [3.63, 3.8) is 0 Å². The minimum Gasteiger partial charge on any atom is -0.441 e. The summed E-state index contributed by atoms with van der Waals surface area (Å²) in [7, 11) is 0. The van der Waals surface area contributed by atoms with Crippen molar-refractivity contribution in [1.82, 2.24) is 9.88 Å². The van der Waals surface area contributed by atoms with Crippen molar-refractivity contribution in [1.29, 1.82) is 0 Å². The van der Waals surface area contributed by atoms with Gasteiger partial charge in [0, 0.05) is 12.0 Å². The molecule has 0 N–H and O–H groups in total. The van der Waals surface area contributed by atoms with Gasteiger partial charge in [0.15, 0.2) is 0 Å². The molecule has 130 valence electrons. The number of aromatic nitrogens is 1. The molecule has 1 aliphatic carbocycles. The maximum absolute atomic E-state index is 12.9. The molecule has 4 rings (SSSR count). The molecule has 0 unspecified atom stereocenters. The van der Waals surface area contributed by atoms with E-state index in [9.17, 15) is 9.59 Å². The number of amides is 2. The molecule has 2 aromatic rings. The Kier molecular flexibility index (Phi) is 3.94. The average Bonchev–Trinajstić information content (AvgIpc) is 3.10. The summed E-state index contributed by atoms with van der Waals surface area (Å²) in [6, 6.07) is 9.64. The molecule has 1 aromatic heterocycles. The van der Waals surface area contributed by atoms with Crippen molar-refractivity contribution < 1.29 is 14.0 Å². The van der Waals surface area contributed by atoms with E-state index in [0.717, 1.165) is 37.7 Å². The molecule has 1 spiro atoms. The van der Waals surface area contributed by atoms with E-state index in [1.54, 1.807) is 0 Å². The van der Waals surface area contributed by atoms with Crippen molar-refractivity contribution in [3.05, 3.63) is 41.8 Å². The van der Waals surface area contributed by atoms with Crippen LogP contribution in [0.15, 0.2) is 34.7 Å². The van der Waals surface area contributed by atoms with E-state index in [2.05, 4.69) is 4.98 Å². The van der Waals surface area contributed by atoms with Crippen LogP contribution in [-0.4, -0.2) is 21.7 Å². The third kappa shape index (κ3) is 2.77. The average molecular weight is 338 g/mol. The van der Waals surface area contributed by atoms with Crippen LogP contribution < -0.4 is 0 Å². The monoisotopic (exact) mass is 338 g/mol. The quantitative estimate of drug-likeness (QED) is 0.797. The van der Waals surface area contributed by atoms with E-state index < -0.39 is 5.41 Å². The van der Waals surface area contributed by atoms with Crippen LogP contribution in [0.4, 0.5) is 0 Å². The van der Waals surface area contributed by atoms with Crippen LogP contribution in [0.1, 0.15) is 50.0 Å². The molecular weight excluding hydrogens is 316 g/mol. The Hall–Kier alpha value is -2.43. The molecule has 2 amide bonds. The molecule has 0 bridgehead atoms. The van der Waals surface area contributed by atoms with E-state index in [1.165, 1.54) is 4.90 Å². The number of hydrogen-bond donors (Lipinski definition) is 0. The number of nitrogens with zero attached hydrogens (tertiary/aromatic N) is 2. The van der Waals surface area contributed by atoms with Gasteiger partial charge in [0.25, 0.3) is 0 Å².